The molecule has 114 valence electrons. The van der Waals surface area contributed by atoms with Crippen molar-refractivity contribution in [1.82, 2.24) is 5.32 Å². The third-order valence-electron chi connectivity index (χ3n) is 4.45. The molecular weight excluding hydrogens is 250 g/mol. The summed E-state index contributed by atoms with van der Waals surface area (Å²) in [6.07, 6.45) is 5.22. The van der Waals surface area contributed by atoms with Crippen LogP contribution in [0.3, 0.4) is 0 Å². The maximum atomic E-state index is 6.01. The van der Waals surface area contributed by atoms with Crippen molar-refractivity contribution < 1.29 is 9.15 Å². The lowest BCUT2D eigenvalue weighted by Crippen LogP contribution is -2.26. The molecule has 0 bridgehead atoms. The first-order chi connectivity index (χ1) is 9.69. The van der Waals surface area contributed by atoms with Gasteiger partial charge in [0, 0.05) is 0 Å². The van der Waals surface area contributed by atoms with E-state index in [4.69, 9.17) is 9.15 Å². The summed E-state index contributed by atoms with van der Waals surface area (Å²) in [5.41, 5.74) is 0. The zero-order valence-electron chi connectivity index (χ0n) is 13.2. The Bertz CT molecular complexity index is 388. The third kappa shape index (κ3) is 4.64. The fourth-order valence-corrected chi connectivity index (χ4v) is 2.83. The van der Waals surface area contributed by atoms with Gasteiger partial charge in [0.1, 0.15) is 18.1 Å². The molecule has 20 heavy (non-hydrogen) atoms. The van der Waals surface area contributed by atoms with E-state index >= 15 is 0 Å². The standard InChI is InChI=1S/C17H29NO2/c1-4-9-18-11-16-7-8-17(20-16)12-19-15-6-5-13(2)14(3)10-15/h7-8,13-15,18H,4-6,9-12H2,1-3H3. The van der Waals surface area contributed by atoms with Gasteiger partial charge in [-0.15, -0.1) is 0 Å². The fraction of sp³-hybridized carbons (Fsp3) is 0.765. The van der Waals surface area contributed by atoms with E-state index < -0.39 is 0 Å². The number of ether oxygens (including phenoxy) is 1. The highest BCUT2D eigenvalue weighted by Crippen LogP contribution is 2.31. The first kappa shape index (κ1) is 15.6. The zero-order chi connectivity index (χ0) is 14.4. The number of hydrogen-bond donors (Lipinski definition) is 1. The Labute approximate surface area is 123 Å². The third-order valence-corrected chi connectivity index (χ3v) is 4.45. The highest BCUT2D eigenvalue weighted by Gasteiger charge is 2.25. The average Bonchev–Trinajstić information content (AvgIpc) is 2.88. The molecule has 3 unspecified atom stereocenters. The summed E-state index contributed by atoms with van der Waals surface area (Å²) in [5.74, 6) is 3.57. The highest BCUT2D eigenvalue weighted by molar-refractivity contribution is 5.06. The summed E-state index contributed by atoms with van der Waals surface area (Å²) in [4.78, 5) is 0. The van der Waals surface area contributed by atoms with Crippen LogP contribution in [0.25, 0.3) is 0 Å². The van der Waals surface area contributed by atoms with E-state index in [1.54, 1.807) is 0 Å². The Balaban J connectivity index is 1.71. The molecule has 3 nitrogen and oxygen atoms in total. The first-order valence-corrected chi connectivity index (χ1v) is 8.09. The molecule has 1 fully saturated rings. The minimum atomic E-state index is 0.410. The predicted octanol–water partition coefficient (Wildman–Crippen LogP) is 4.12. The molecular formula is C17H29NO2. The van der Waals surface area contributed by atoms with Crippen LogP contribution in [-0.2, 0) is 17.9 Å². The van der Waals surface area contributed by atoms with Gasteiger partial charge in [-0.2, -0.15) is 0 Å². The topological polar surface area (TPSA) is 34.4 Å². The van der Waals surface area contributed by atoms with Gasteiger partial charge in [-0.05, 0) is 56.2 Å². The lowest BCUT2D eigenvalue weighted by Gasteiger charge is -2.31. The van der Waals surface area contributed by atoms with Gasteiger partial charge in [0.15, 0.2) is 0 Å². The van der Waals surface area contributed by atoms with E-state index in [0.29, 0.717) is 12.7 Å². The van der Waals surface area contributed by atoms with Crippen molar-refractivity contribution in [2.45, 2.75) is 65.7 Å². The molecule has 0 aromatic carbocycles. The summed E-state index contributed by atoms with van der Waals surface area (Å²) in [6, 6.07) is 4.09. The lowest BCUT2D eigenvalue weighted by atomic mass is 9.80. The van der Waals surface area contributed by atoms with Crippen LogP contribution in [0.1, 0.15) is 58.0 Å². The van der Waals surface area contributed by atoms with Crippen molar-refractivity contribution in [3.63, 3.8) is 0 Å². The molecule has 1 aromatic heterocycles. The minimum absolute atomic E-state index is 0.410. The highest BCUT2D eigenvalue weighted by atomic mass is 16.5. The lowest BCUT2D eigenvalue weighted by molar-refractivity contribution is -0.0142. The van der Waals surface area contributed by atoms with Gasteiger partial charge in [0.2, 0.25) is 0 Å². The minimum Gasteiger partial charge on any atom is -0.462 e. The molecule has 3 heteroatoms. The van der Waals surface area contributed by atoms with Gasteiger partial charge >= 0.3 is 0 Å². The van der Waals surface area contributed by atoms with Crippen molar-refractivity contribution in [2.75, 3.05) is 6.54 Å². The second-order valence-corrected chi connectivity index (χ2v) is 6.25. The maximum absolute atomic E-state index is 6.01. The van der Waals surface area contributed by atoms with Crippen LogP contribution in [0.2, 0.25) is 0 Å². The van der Waals surface area contributed by atoms with Gasteiger partial charge in [-0.25, -0.2) is 0 Å². The Kier molecular flexibility index (Phi) is 6.11. The second-order valence-electron chi connectivity index (χ2n) is 6.25. The van der Waals surface area contributed by atoms with E-state index in [1.165, 1.54) is 19.3 Å². The Morgan fingerprint density at radius 3 is 2.75 bits per heavy atom. The van der Waals surface area contributed by atoms with Crippen molar-refractivity contribution in [3.8, 4) is 0 Å². The van der Waals surface area contributed by atoms with Crippen molar-refractivity contribution in [3.05, 3.63) is 23.7 Å². The van der Waals surface area contributed by atoms with Gasteiger partial charge < -0.3 is 14.5 Å². The Morgan fingerprint density at radius 1 is 1.20 bits per heavy atom. The van der Waals surface area contributed by atoms with Crippen molar-refractivity contribution in [2.24, 2.45) is 11.8 Å². The van der Waals surface area contributed by atoms with E-state index in [-0.39, 0.29) is 0 Å². The van der Waals surface area contributed by atoms with Crippen LogP contribution in [0.4, 0.5) is 0 Å². The van der Waals surface area contributed by atoms with Crippen LogP contribution in [0.15, 0.2) is 16.5 Å². The molecule has 1 N–H and O–H groups in total. The molecule has 0 spiro atoms. The molecule has 2 rings (SSSR count). The van der Waals surface area contributed by atoms with Crippen LogP contribution < -0.4 is 5.32 Å². The van der Waals surface area contributed by atoms with E-state index in [2.05, 4.69) is 26.1 Å². The zero-order valence-corrected chi connectivity index (χ0v) is 13.2. The molecule has 1 saturated carbocycles. The number of furan rings is 1. The Hall–Kier alpha value is -0.800. The van der Waals surface area contributed by atoms with Crippen molar-refractivity contribution in [1.29, 1.82) is 0 Å². The fourth-order valence-electron chi connectivity index (χ4n) is 2.83. The summed E-state index contributed by atoms with van der Waals surface area (Å²) in [5, 5.41) is 3.35. The van der Waals surface area contributed by atoms with Gasteiger partial charge in [-0.1, -0.05) is 20.8 Å². The molecule has 1 aliphatic carbocycles. The summed E-state index contributed by atoms with van der Waals surface area (Å²) in [7, 11) is 0. The predicted molar refractivity (Wildman–Crippen MR) is 81.5 cm³/mol. The number of hydrogen-bond acceptors (Lipinski definition) is 3. The Morgan fingerprint density at radius 2 is 2.00 bits per heavy atom. The average molecular weight is 279 g/mol. The summed E-state index contributed by atoms with van der Waals surface area (Å²) >= 11 is 0. The molecule has 3 atom stereocenters. The first-order valence-electron chi connectivity index (χ1n) is 8.09. The van der Waals surface area contributed by atoms with Crippen LogP contribution in [0.5, 0.6) is 0 Å². The smallest absolute Gasteiger partial charge is 0.129 e. The SMILES string of the molecule is CCCNCc1ccc(COC2CCC(C)C(C)C2)o1. The number of nitrogens with one attached hydrogen (secondary N) is 1. The van der Waals surface area contributed by atoms with Crippen molar-refractivity contribution >= 4 is 0 Å². The monoisotopic (exact) mass is 279 g/mol. The quantitative estimate of drug-likeness (QED) is 0.762. The molecule has 0 saturated heterocycles. The van der Waals surface area contributed by atoms with Crippen LogP contribution in [-0.4, -0.2) is 12.6 Å². The molecule has 1 heterocycles. The normalized spacial score (nSPS) is 26.9. The molecule has 1 aromatic rings. The van der Waals surface area contributed by atoms with Gasteiger partial charge in [0.25, 0.3) is 0 Å². The second kappa shape index (κ2) is 7.84. The van der Waals surface area contributed by atoms with Gasteiger partial charge in [0.05, 0.1) is 12.6 Å². The molecule has 0 radical (unpaired) electrons. The van der Waals surface area contributed by atoms with E-state index in [0.717, 1.165) is 42.9 Å². The van der Waals surface area contributed by atoms with Crippen LogP contribution in [0, 0.1) is 11.8 Å². The summed E-state index contributed by atoms with van der Waals surface area (Å²) < 4.78 is 11.8. The molecule has 1 aliphatic rings. The number of rotatable bonds is 7. The van der Waals surface area contributed by atoms with E-state index in [9.17, 15) is 0 Å². The maximum Gasteiger partial charge on any atom is 0.129 e. The van der Waals surface area contributed by atoms with Gasteiger partial charge in [-0.3, -0.25) is 0 Å². The van der Waals surface area contributed by atoms with E-state index in [1.807, 2.05) is 12.1 Å². The molecule has 0 aliphatic heterocycles. The molecule has 0 amide bonds. The largest absolute Gasteiger partial charge is 0.462 e. The summed E-state index contributed by atoms with van der Waals surface area (Å²) in [6.45, 7) is 9.31. The van der Waals surface area contributed by atoms with Crippen LogP contribution >= 0.6 is 0 Å².